The molecule has 8 heteroatoms. The zero-order valence-corrected chi connectivity index (χ0v) is 17.5. The number of amides is 1. The molecule has 1 aromatic heterocycles. The van der Waals surface area contributed by atoms with Crippen LogP contribution in [0.3, 0.4) is 0 Å². The fourth-order valence-corrected chi connectivity index (χ4v) is 3.16. The van der Waals surface area contributed by atoms with E-state index in [4.69, 9.17) is 13.9 Å². The lowest BCUT2D eigenvalue weighted by molar-refractivity contribution is -0.115. The smallest absolute Gasteiger partial charge is 0.248 e. The van der Waals surface area contributed by atoms with Gasteiger partial charge in [0.1, 0.15) is 5.82 Å². The van der Waals surface area contributed by atoms with Gasteiger partial charge in [0.15, 0.2) is 11.5 Å². The third-order valence-electron chi connectivity index (χ3n) is 4.72. The van der Waals surface area contributed by atoms with Crippen molar-refractivity contribution < 1.29 is 23.1 Å². The number of rotatable bonds is 7. The molecule has 0 fully saturated rings. The minimum absolute atomic E-state index is 0.167. The van der Waals surface area contributed by atoms with Crippen LogP contribution in [0.25, 0.3) is 22.9 Å². The Bertz CT molecular complexity index is 1240. The van der Waals surface area contributed by atoms with Gasteiger partial charge in [0.05, 0.1) is 20.6 Å². The average molecular weight is 433 g/mol. The number of carbonyl (C=O) groups excluding carboxylic acids is 1. The van der Waals surface area contributed by atoms with Gasteiger partial charge in [-0.3, -0.25) is 4.79 Å². The van der Waals surface area contributed by atoms with Crippen molar-refractivity contribution in [1.29, 1.82) is 0 Å². The number of aromatic nitrogens is 2. The quantitative estimate of drug-likeness (QED) is 0.453. The number of nitrogens with zero attached hydrogens (tertiary/aromatic N) is 2. The lowest BCUT2D eigenvalue weighted by Gasteiger charge is -2.10. The third kappa shape index (κ3) is 4.75. The number of anilines is 1. The SMILES string of the molecule is COc1ccc(CC(=O)Nc2cccc(-c3nnc(-c4ccc(F)cc4)o3)c2)cc1OC. The number of benzene rings is 3. The summed E-state index contributed by atoms with van der Waals surface area (Å²) < 4.78 is 29.3. The first kappa shape index (κ1) is 21.0. The molecule has 0 aliphatic rings. The van der Waals surface area contributed by atoms with Gasteiger partial charge in [0.25, 0.3) is 0 Å². The van der Waals surface area contributed by atoms with Gasteiger partial charge >= 0.3 is 0 Å². The van der Waals surface area contributed by atoms with Crippen molar-refractivity contribution in [3.05, 3.63) is 78.1 Å². The van der Waals surface area contributed by atoms with E-state index >= 15 is 0 Å². The van der Waals surface area contributed by atoms with Crippen molar-refractivity contribution >= 4 is 11.6 Å². The van der Waals surface area contributed by atoms with E-state index in [0.29, 0.717) is 34.2 Å². The number of methoxy groups -OCH3 is 2. The van der Waals surface area contributed by atoms with E-state index in [0.717, 1.165) is 5.56 Å². The van der Waals surface area contributed by atoms with Crippen molar-refractivity contribution in [2.75, 3.05) is 19.5 Å². The molecule has 0 bridgehead atoms. The second-order valence-corrected chi connectivity index (χ2v) is 6.91. The summed E-state index contributed by atoms with van der Waals surface area (Å²) in [6.07, 6.45) is 0.167. The molecule has 0 spiro atoms. The van der Waals surface area contributed by atoms with Gasteiger partial charge in [-0.05, 0) is 60.2 Å². The first-order valence-corrected chi connectivity index (χ1v) is 9.76. The molecular formula is C24H20FN3O4. The molecule has 7 nitrogen and oxygen atoms in total. The summed E-state index contributed by atoms with van der Waals surface area (Å²) in [6.45, 7) is 0. The van der Waals surface area contributed by atoms with Gasteiger partial charge in [0, 0.05) is 16.8 Å². The molecule has 0 atom stereocenters. The lowest BCUT2D eigenvalue weighted by atomic mass is 10.1. The number of hydrogen-bond donors (Lipinski definition) is 1. The van der Waals surface area contributed by atoms with Gasteiger partial charge in [-0.15, -0.1) is 10.2 Å². The number of hydrogen-bond acceptors (Lipinski definition) is 6. The Hall–Kier alpha value is -4.20. The van der Waals surface area contributed by atoms with Crippen LogP contribution in [-0.4, -0.2) is 30.3 Å². The van der Waals surface area contributed by atoms with Crippen LogP contribution in [0.15, 0.2) is 71.1 Å². The van der Waals surface area contributed by atoms with Crippen LogP contribution in [-0.2, 0) is 11.2 Å². The molecule has 0 unspecified atom stereocenters. The summed E-state index contributed by atoms with van der Waals surface area (Å²) in [7, 11) is 3.11. The van der Waals surface area contributed by atoms with Crippen molar-refractivity contribution in [2.24, 2.45) is 0 Å². The Morgan fingerprint density at radius 1 is 0.906 bits per heavy atom. The topological polar surface area (TPSA) is 86.5 Å². The summed E-state index contributed by atoms with van der Waals surface area (Å²) >= 11 is 0. The number of carbonyl (C=O) groups is 1. The summed E-state index contributed by atoms with van der Waals surface area (Å²) in [5, 5.41) is 10.9. The van der Waals surface area contributed by atoms with Crippen molar-refractivity contribution in [2.45, 2.75) is 6.42 Å². The van der Waals surface area contributed by atoms with Crippen LogP contribution in [0.1, 0.15) is 5.56 Å². The summed E-state index contributed by atoms with van der Waals surface area (Å²) in [5.74, 6) is 1.21. The van der Waals surface area contributed by atoms with Crippen LogP contribution in [0.4, 0.5) is 10.1 Å². The first-order chi connectivity index (χ1) is 15.6. The molecule has 32 heavy (non-hydrogen) atoms. The summed E-state index contributed by atoms with van der Waals surface area (Å²) in [6, 6.07) is 18.2. The molecule has 3 aromatic carbocycles. The highest BCUT2D eigenvalue weighted by atomic mass is 19.1. The van der Waals surface area contributed by atoms with Gasteiger partial charge in [-0.2, -0.15) is 0 Å². The van der Waals surface area contributed by atoms with Gasteiger partial charge < -0.3 is 19.2 Å². The molecule has 0 saturated heterocycles. The highest BCUT2D eigenvalue weighted by Crippen LogP contribution is 2.28. The van der Waals surface area contributed by atoms with Crippen LogP contribution in [0, 0.1) is 5.82 Å². The monoisotopic (exact) mass is 433 g/mol. The molecule has 0 saturated carbocycles. The molecule has 4 rings (SSSR count). The number of ether oxygens (including phenoxy) is 2. The minimum atomic E-state index is -0.343. The molecular weight excluding hydrogens is 413 g/mol. The van der Waals surface area contributed by atoms with E-state index in [1.54, 1.807) is 62.8 Å². The van der Waals surface area contributed by atoms with E-state index in [2.05, 4.69) is 15.5 Å². The average Bonchev–Trinajstić information content (AvgIpc) is 3.30. The van der Waals surface area contributed by atoms with E-state index in [-0.39, 0.29) is 24.0 Å². The third-order valence-corrected chi connectivity index (χ3v) is 4.72. The second-order valence-electron chi connectivity index (χ2n) is 6.91. The van der Waals surface area contributed by atoms with E-state index in [9.17, 15) is 9.18 Å². The molecule has 1 heterocycles. The first-order valence-electron chi connectivity index (χ1n) is 9.76. The highest BCUT2D eigenvalue weighted by molar-refractivity contribution is 5.92. The lowest BCUT2D eigenvalue weighted by Crippen LogP contribution is -2.14. The van der Waals surface area contributed by atoms with Gasteiger partial charge in [-0.1, -0.05) is 12.1 Å². The largest absolute Gasteiger partial charge is 0.493 e. The maximum absolute atomic E-state index is 13.1. The van der Waals surface area contributed by atoms with Crippen molar-refractivity contribution in [3.63, 3.8) is 0 Å². The van der Waals surface area contributed by atoms with Crippen molar-refractivity contribution in [3.8, 4) is 34.4 Å². The van der Waals surface area contributed by atoms with Crippen LogP contribution in [0.5, 0.6) is 11.5 Å². The predicted molar refractivity (Wildman–Crippen MR) is 117 cm³/mol. The zero-order chi connectivity index (χ0) is 22.5. The highest BCUT2D eigenvalue weighted by Gasteiger charge is 2.13. The van der Waals surface area contributed by atoms with Crippen LogP contribution in [0.2, 0.25) is 0 Å². The maximum Gasteiger partial charge on any atom is 0.248 e. The van der Waals surface area contributed by atoms with Gasteiger partial charge in [0.2, 0.25) is 17.7 Å². The Morgan fingerprint density at radius 3 is 2.34 bits per heavy atom. The molecule has 0 aliphatic heterocycles. The number of halogens is 1. The standard InChI is InChI=1S/C24H20FN3O4/c1-30-20-11-6-15(12-21(20)31-2)13-22(29)26-19-5-3-4-17(14-19)24-28-27-23(32-24)16-7-9-18(25)10-8-16/h3-12,14H,13H2,1-2H3,(H,26,29). The molecule has 0 aliphatic carbocycles. The van der Waals surface area contributed by atoms with Crippen LogP contribution >= 0.6 is 0 Å². The predicted octanol–water partition coefficient (Wildman–Crippen LogP) is 4.74. The molecule has 1 N–H and O–H groups in total. The summed E-state index contributed by atoms with van der Waals surface area (Å²) in [4.78, 5) is 12.5. The Kier molecular flexibility index (Phi) is 6.12. The fraction of sp³-hybridized carbons (Fsp3) is 0.125. The van der Waals surface area contributed by atoms with E-state index in [1.807, 2.05) is 6.07 Å². The minimum Gasteiger partial charge on any atom is -0.493 e. The normalized spacial score (nSPS) is 10.6. The van der Waals surface area contributed by atoms with Gasteiger partial charge in [-0.25, -0.2) is 4.39 Å². The molecule has 0 radical (unpaired) electrons. The molecule has 162 valence electrons. The number of nitrogens with one attached hydrogen (secondary N) is 1. The summed E-state index contributed by atoms with van der Waals surface area (Å²) in [5.41, 5.74) is 2.64. The Morgan fingerprint density at radius 2 is 1.62 bits per heavy atom. The second kappa shape index (κ2) is 9.30. The van der Waals surface area contributed by atoms with Crippen molar-refractivity contribution in [1.82, 2.24) is 10.2 Å². The Labute approximate surface area is 183 Å². The van der Waals surface area contributed by atoms with Crippen LogP contribution < -0.4 is 14.8 Å². The maximum atomic E-state index is 13.1. The fourth-order valence-electron chi connectivity index (χ4n) is 3.16. The molecule has 1 amide bonds. The Balaban J connectivity index is 1.46. The molecule has 4 aromatic rings. The zero-order valence-electron chi connectivity index (χ0n) is 17.5. The van der Waals surface area contributed by atoms with E-state index < -0.39 is 0 Å². The van der Waals surface area contributed by atoms with E-state index in [1.165, 1.54) is 12.1 Å².